The number of nitrogens with zero attached hydrogens (tertiary/aromatic N) is 2. The highest BCUT2D eigenvalue weighted by atomic mass is 127. The predicted molar refractivity (Wildman–Crippen MR) is 112 cm³/mol. The molecular formula is C17H29IN4O3. The van der Waals surface area contributed by atoms with E-state index in [-0.39, 0.29) is 30.1 Å². The van der Waals surface area contributed by atoms with Gasteiger partial charge in [0.25, 0.3) is 0 Å². The van der Waals surface area contributed by atoms with E-state index in [1.54, 1.807) is 14.2 Å². The van der Waals surface area contributed by atoms with Crippen LogP contribution < -0.4 is 20.1 Å². The van der Waals surface area contributed by atoms with Gasteiger partial charge in [-0.2, -0.15) is 0 Å². The van der Waals surface area contributed by atoms with Crippen LogP contribution in [0.4, 0.5) is 5.69 Å². The van der Waals surface area contributed by atoms with Gasteiger partial charge in [-0.3, -0.25) is 4.99 Å². The summed E-state index contributed by atoms with van der Waals surface area (Å²) in [4.78, 5) is 6.53. The Morgan fingerprint density at radius 1 is 1.40 bits per heavy atom. The third kappa shape index (κ3) is 6.87. The highest BCUT2D eigenvalue weighted by Gasteiger charge is 2.17. The zero-order chi connectivity index (χ0) is 17.4. The van der Waals surface area contributed by atoms with E-state index in [1.165, 1.54) is 0 Å². The molecule has 8 heteroatoms. The number of anilines is 1. The summed E-state index contributed by atoms with van der Waals surface area (Å²) in [6.07, 6.45) is 0.164. The molecule has 1 aliphatic rings. The zero-order valence-corrected chi connectivity index (χ0v) is 17.7. The molecule has 25 heavy (non-hydrogen) atoms. The van der Waals surface area contributed by atoms with Crippen LogP contribution in [0.2, 0.25) is 0 Å². The van der Waals surface area contributed by atoms with Gasteiger partial charge in [-0.1, -0.05) is 0 Å². The molecule has 2 N–H and O–H groups in total. The molecule has 1 aliphatic heterocycles. The second-order valence-electron chi connectivity index (χ2n) is 5.63. The molecular weight excluding hydrogens is 435 g/mol. The van der Waals surface area contributed by atoms with E-state index in [0.717, 1.165) is 25.4 Å². The second-order valence-corrected chi connectivity index (χ2v) is 5.63. The number of hydrogen-bond acceptors (Lipinski definition) is 5. The number of methoxy groups -OCH3 is 1. The summed E-state index contributed by atoms with van der Waals surface area (Å²) in [6, 6.07) is 5.71. The Labute approximate surface area is 167 Å². The molecule has 1 heterocycles. The summed E-state index contributed by atoms with van der Waals surface area (Å²) in [5, 5.41) is 6.57. The lowest BCUT2D eigenvalue weighted by Crippen LogP contribution is -2.47. The van der Waals surface area contributed by atoms with Crippen LogP contribution in [0.15, 0.2) is 23.2 Å². The molecule has 1 unspecified atom stereocenters. The van der Waals surface area contributed by atoms with Gasteiger partial charge in [0.15, 0.2) is 17.5 Å². The molecule has 0 radical (unpaired) electrons. The standard InChI is InChI=1S/C17H28N4O3.HI/c1-5-23-16-10-13(6-7-15(16)22-4)20-17(18-2)19-11-14-12-21(3)8-9-24-14;/h6-7,10,14H,5,8-9,11-12H2,1-4H3,(H2,18,19,20);1H. The van der Waals surface area contributed by atoms with Gasteiger partial charge in [0, 0.05) is 38.4 Å². The van der Waals surface area contributed by atoms with E-state index in [4.69, 9.17) is 14.2 Å². The number of hydrogen-bond donors (Lipinski definition) is 2. The van der Waals surface area contributed by atoms with Crippen LogP contribution in [-0.2, 0) is 4.74 Å². The number of morpholine rings is 1. The van der Waals surface area contributed by atoms with E-state index in [9.17, 15) is 0 Å². The molecule has 0 saturated carbocycles. The van der Waals surface area contributed by atoms with Crippen molar-refractivity contribution in [3.05, 3.63) is 18.2 Å². The predicted octanol–water partition coefficient (Wildman–Crippen LogP) is 2.03. The van der Waals surface area contributed by atoms with Crippen molar-refractivity contribution in [2.75, 3.05) is 59.4 Å². The van der Waals surface area contributed by atoms with Crippen LogP contribution in [0.25, 0.3) is 0 Å². The minimum absolute atomic E-state index is 0. The Morgan fingerprint density at radius 3 is 2.84 bits per heavy atom. The second kappa shape index (κ2) is 11.4. The van der Waals surface area contributed by atoms with Crippen LogP contribution in [0, 0.1) is 0 Å². The van der Waals surface area contributed by atoms with Crippen molar-refractivity contribution < 1.29 is 14.2 Å². The number of ether oxygens (including phenoxy) is 3. The van der Waals surface area contributed by atoms with Crippen LogP contribution in [0.3, 0.4) is 0 Å². The third-order valence-electron chi connectivity index (χ3n) is 3.79. The molecule has 1 atom stereocenters. The van der Waals surface area contributed by atoms with Gasteiger partial charge >= 0.3 is 0 Å². The van der Waals surface area contributed by atoms with E-state index < -0.39 is 0 Å². The van der Waals surface area contributed by atoms with Crippen LogP contribution in [0.1, 0.15) is 6.92 Å². The first kappa shape index (κ1) is 21.8. The zero-order valence-electron chi connectivity index (χ0n) is 15.4. The molecule has 142 valence electrons. The molecule has 0 spiro atoms. The first-order chi connectivity index (χ1) is 11.7. The largest absolute Gasteiger partial charge is 0.493 e. The summed E-state index contributed by atoms with van der Waals surface area (Å²) >= 11 is 0. The molecule has 0 aromatic heterocycles. The lowest BCUT2D eigenvalue weighted by Gasteiger charge is -2.30. The molecule has 1 fully saturated rings. The summed E-state index contributed by atoms with van der Waals surface area (Å²) in [5.74, 6) is 2.11. The molecule has 1 aromatic rings. The maximum absolute atomic E-state index is 5.75. The maximum Gasteiger partial charge on any atom is 0.195 e. The fourth-order valence-electron chi connectivity index (χ4n) is 2.54. The van der Waals surface area contributed by atoms with E-state index >= 15 is 0 Å². The van der Waals surface area contributed by atoms with Crippen molar-refractivity contribution in [1.82, 2.24) is 10.2 Å². The van der Waals surface area contributed by atoms with E-state index in [0.29, 0.717) is 30.6 Å². The molecule has 0 aliphatic carbocycles. The monoisotopic (exact) mass is 464 g/mol. The normalized spacial score (nSPS) is 18.2. The van der Waals surface area contributed by atoms with Crippen LogP contribution in [0.5, 0.6) is 11.5 Å². The smallest absolute Gasteiger partial charge is 0.195 e. The van der Waals surface area contributed by atoms with Crippen molar-refractivity contribution in [2.24, 2.45) is 4.99 Å². The minimum Gasteiger partial charge on any atom is -0.493 e. The van der Waals surface area contributed by atoms with Crippen molar-refractivity contribution in [1.29, 1.82) is 0 Å². The fourth-order valence-corrected chi connectivity index (χ4v) is 2.54. The number of halogens is 1. The third-order valence-corrected chi connectivity index (χ3v) is 3.79. The highest BCUT2D eigenvalue weighted by Crippen LogP contribution is 2.30. The topological polar surface area (TPSA) is 67.4 Å². The maximum atomic E-state index is 5.75. The van der Waals surface area contributed by atoms with Crippen LogP contribution >= 0.6 is 24.0 Å². The molecule has 7 nitrogen and oxygen atoms in total. The number of nitrogens with one attached hydrogen (secondary N) is 2. The highest BCUT2D eigenvalue weighted by molar-refractivity contribution is 14.0. The van der Waals surface area contributed by atoms with Gasteiger partial charge in [0.05, 0.1) is 26.4 Å². The number of benzene rings is 1. The number of likely N-dealkylation sites (N-methyl/N-ethyl adjacent to an activating group) is 1. The first-order valence-electron chi connectivity index (χ1n) is 8.25. The van der Waals surface area contributed by atoms with Gasteiger partial charge in [0.2, 0.25) is 0 Å². The Morgan fingerprint density at radius 2 is 2.20 bits per heavy atom. The first-order valence-corrected chi connectivity index (χ1v) is 8.25. The Hall–Kier alpha value is -1.26. The van der Waals surface area contributed by atoms with E-state index in [2.05, 4.69) is 27.6 Å². The average Bonchev–Trinajstić information content (AvgIpc) is 2.59. The van der Waals surface area contributed by atoms with Crippen molar-refractivity contribution in [3.63, 3.8) is 0 Å². The van der Waals surface area contributed by atoms with Crippen molar-refractivity contribution in [3.8, 4) is 11.5 Å². The van der Waals surface area contributed by atoms with Gasteiger partial charge in [-0.25, -0.2) is 0 Å². The summed E-state index contributed by atoms with van der Waals surface area (Å²) < 4.78 is 16.7. The molecule has 0 bridgehead atoms. The molecule has 1 saturated heterocycles. The quantitative estimate of drug-likeness (QED) is 0.382. The Bertz CT molecular complexity index is 557. The van der Waals surface area contributed by atoms with E-state index in [1.807, 2.05) is 25.1 Å². The molecule has 1 aromatic carbocycles. The molecule has 2 rings (SSSR count). The van der Waals surface area contributed by atoms with Crippen molar-refractivity contribution in [2.45, 2.75) is 13.0 Å². The Balaban J connectivity index is 0.00000312. The summed E-state index contributed by atoms with van der Waals surface area (Å²) in [6.45, 7) is 5.90. The van der Waals surface area contributed by atoms with Gasteiger partial charge in [-0.15, -0.1) is 24.0 Å². The van der Waals surface area contributed by atoms with Crippen LogP contribution in [-0.4, -0.2) is 71.0 Å². The van der Waals surface area contributed by atoms with Gasteiger partial charge < -0.3 is 29.7 Å². The minimum atomic E-state index is 0. The average molecular weight is 464 g/mol. The van der Waals surface area contributed by atoms with Gasteiger partial charge in [0.1, 0.15) is 0 Å². The lowest BCUT2D eigenvalue weighted by molar-refractivity contribution is -0.0160. The molecule has 0 amide bonds. The number of rotatable bonds is 6. The summed E-state index contributed by atoms with van der Waals surface area (Å²) in [7, 11) is 5.48. The SMILES string of the molecule is CCOc1cc(NC(=NC)NCC2CN(C)CCO2)ccc1OC.I. The fraction of sp³-hybridized carbons (Fsp3) is 0.588. The lowest BCUT2D eigenvalue weighted by atomic mass is 10.2. The Kier molecular flexibility index (Phi) is 9.91. The number of guanidine groups is 1. The summed E-state index contributed by atoms with van der Waals surface area (Å²) in [5.41, 5.74) is 0.883. The number of aliphatic imine (C=N–C) groups is 1. The van der Waals surface area contributed by atoms with Gasteiger partial charge in [-0.05, 0) is 26.1 Å². The van der Waals surface area contributed by atoms with Crippen molar-refractivity contribution >= 4 is 35.6 Å².